The van der Waals surface area contributed by atoms with Gasteiger partial charge in [0.2, 0.25) is 0 Å². The average molecular weight is 447 g/mol. The molecule has 1 saturated heterocycles. The van der Waals surface area contributed by atoms with Gasteiger partial charge >= 0.3 is 0 Å². The van der Waals surface area contributed by atoms with Gasteiger partial charge < -0.3 is 0 Å². The summed E-state index contributed by atoms with van der Waals surface area (Å²) < 4.78 is 0.438. The van der Waals surface area contributed by atoms with E-state index in [0.29, 0.717) is 4.58 Å². The molecular weight excluding hydrogens is 417 g/mol. The monoisotopic (exact) mass is 446 g/mol. The topological polar surface area (TPSA) is 0 Å². The number of hydrogen-bond donors (Lipinski definition) is 3. The first kappa shape index (κ1) is 21.7. The molecule has 0 aromatic carbocycles. The van der Waals surface area contributed by atoms with Crippen LogP contribution in [0.1, 0.15) is 51.4 Å². The van der Waals surface area contributed by atoms with Crippen molar-refractivity contribution in [2.45, 2.75) is 64.8 Å². The van der Waals surface area contributed by atoms with Gasteiger partial charge in [-0.05, 0) is 12.8 Å². The number of hydrogen-bond acceptors (Lipinski definition) is 7. The van der Waals surface area contributed by atoms with Gasteiger partial charge in [-0.1, -0.05) is 38.5 Å². The standard InChI is InChI=1S/C16H30S7/c17-13-23-15(7-5-3-1-2-4-6-8-15)16(19)14(18)21-11-9-20-10-12-22-16/h14,17-19H,1-13H2. The fraction of sp³-hybridized carbons (Fsp3) is 1.00. The highest BCUT2D eigenvalue weighted by Gasteiger charge is 2.53. The van der Waals surface area contributed by atoms with Gasteiger partial charge in [0, 0.05) is 32.8 Å². The Morgan fingerprint density at radius 2 is 1.52 bits per heavy atom. The zero-order chi connectivity index (χ0) is 16.6. The molecule has 2 rings (SSSR count). The van der Waals surface area contributed by atoms with Crippen molar-refractivity contribution >= 4 is 84.9 Å². The molecule has 1 heterocycles. The van der Waals surface area contributed by atoms with E-state index in [9.17, 15) is 0 Å². The first-order chi connectivity index (χ1) is 11.1. The Kier molecular flexibility index (Phi) is 10.7. The Morgan fingerprint density at radius 1 is 0.913 bits per heavy atom. The summed E-state index contributed by atoms with van der Waals surface area (Å²) in [5.41, 5.74) is 0. The van der Waals surface area contributed by atoms with Crippen molar-refractivity contribution in [1.82, 2.24) is 0 Å². The second-order valence-corrected chi connectivity index (χ2v) is 14.0. The van der Waals surface area contributed by atoms with Crippen molar-refractivity contribution in [2.24, 2.45) is 0 Å². The third kappa shape index (κ3) is 5.97. The summed E-state index contributed by atoms with van der Waals surface area (Å²) in [5.74, 6) is 4.89. The molecule has 0 bridgehead atoms. The highest BCUT2D eigenvalue weighted by Crippen LogP contribution is 2.59. The molecule has 1 aliphatic carbocycles. The van der Waals surface area contributed by atoms with Crippen LogP contribution in [-0.4, -0.2) is 41.5 Å². The Bertz CT molecular complexity index is 328. The third-order valence-corrected chi connectivity index (χ3v) is 13.6. The highest BCUT2D eigenvalue weighted by atomic mass is 32.2. The first-order valence-corrected chi connectivity index (χ1v) is 14.4. The van der Waals surface area contributed by atoms with E-state index in [-0.39, 0.29) is 8.83 Å². The number of thioether (sulfide) groups is 4. The van der Waals surface area contributed by atoms with Crippen LogP contribution in [0.15, 0.2) is 0 Å². The van der Waals surface area contributed by atoms with E-state index in [2.05, 4.69) is 47.9 Å². The Balaban J connectivity index is 2.27. The molecule has 0 nitrogen and oxygen atoms in total. The van der Waals surface area contributed by atoms with Gasteiger partial charge in [0.15, 0.2) is 0 Å². The predicted molar refractivity (Wildman–Crippen MR) is 128 cm³/mol. The van der Waals surface area contributed by atoms with Crippen molar-refractivity contribution in [3.8, 4) is 0 Å². The van der Waals surface area contributed by atoms with Crippen molar-refractivity contribution in [1.29, 1.82) is 0 Å². The van der Waals surface area contributed by atoms with Gasteiger partial charge in [0.1, 0.15) is 0 Å². The lowest BCUT2D eigenvalue weighted by atomic mass is 9.92. The number of rotatable bonds is 3. The molecule has 2 unspecified atom stereocenters. The van der Waals surface area contributed by atoms with E-state index in [1.165, 1.54) is 74.4 Å². The maximum Gasteiger partial charge on any atom is 0.0935 e. The van der Waals surface area contributed by atoms with Crippen LogP contribution in [0.3, 0.4) is 0 Å². The van der Waals surface area contributed by atoms with Gasteiger partial charge in [-0.2, -0.15) is 49.6 Å². The molecule has 2 aliphatic rings. The van der Waals surface area contributed by atoms with Crippen LogP contribution in [0.5, 0.6) is 0 Å². The fourth-order valence-electron chi connectivity index (χ4n) is 3.50. The van der Waals surface area contributed by atoms with Crippen molar-refractivity contribution in [3.05, 3.63) is 0 Å². The Morgan fingerprint density at radius 3 is 2.17 bits per heavy atom. The van der Waals surface area contributed by atoms with Crippen LogP contribution in [0.4, 0.5) is 0 Å². The molecule has 7 heteroatoms. The van der Waals surface area contributed by atoms with E-state index in [0.717, 1.165) is 5.08 Å². The van der Waals surface area contributed by atoms with Crippen LogP contribution in [0.25, 0.3) is 0 Å². The minimum Gasteiger partial charge on any atom is -0.168 e. The molecule has 136 valence electrons. The van der Waals surface area contributed by atoms with Crippen LogP contribution in [0, 0.1) is 0 Å². The van der Waals surface area contributed by atoms with E-state index >= 15 is 0 Å². The summed E-state index contributed by atoms with van der Waals surface area (Å²) in [7, 11) is 0. The van der Waals surface area contributed by atoms with Gasteiger partial charge in [-0.3, -0.25) is 0 Å². The lowest BCUT2D eigenvalue weighted by Crippen LogP contribution is -2.51. The normalized spacial score (nSPS) is 34.3. The van der Waals surface area contributed by atoms with E-state index in [4.69, 9.17) is 25.3 Å². The molecule has 0 aromatic heterocycles. The van der Waals surface area contributed by atoms with Crippen LogP contribution < -0.4 is 0 Å². The average Bonchev–Trinajstić information content (AvgIpc) is 2.71. The zero-order valence-electron chi connectivity index (χ0n) is 13.7. The largest absolute Gasteiger partial charge is 0.168 e. The second kappa shape index (κ2) is 11.3. The summed E-state index contributed by atoms with van der Waals surface area (Å²) in [6, 6.07) is 0. The summed E-state index contributed by atoms with van der Waals surface area (Å²) in [6.07, 6.45) is 10.8. The van der Waals surface area contributed by atoms with E-state index < -0.39 is 0 Å². The molecule has 0 aromatic rings. The quantitative estimate of drug-likeness (QED) is 0.331. The third-order valence-electron chi connectivity index (χ3n) is 4.79. The Labute approximate surface area is 176 Å². The molecular formula is C16H30S7. The van der Waals surface area contributed by atoms with Crippen molar-refractivity contribution in [3.63, 3.8) is 0 Å². The Hall–Kier alpha value is 2.45. The van der Waals surface area contributed by atoms with Crippen molar-refractivity contribution < 1.29 is 0 Å². The van der Waals surface area contributed by atoms with Crippen LogP contribution in [0.2, 0.25) is 0 Å². The van der Waals surface area contributed by atoms with Gasteiger partial charge in [-0.25, -0.2) is 0 Å². The minimum atomic E-state index is -0.0661. The lowest BCUT2D eigenvalue weighted by Gasteiger charge is -2.50. The summed E-state index contributed by atoms with van der Waals surface area (Å²) in [4.78, 5) is 0. The summed E-state index contributed by atoms with van der Waals surface area (Å²) in [5, 5.41) is 0.892. The molecule has 0 radical (unpaired) electrons. The molecule has 23 heavy (non-hydrogen) atoms. The number of thiol groups is 3. The van der Waals surface area contributed by atoms with Crippen molar-refractivity contribution in [2.75, 3.05) is 28.1 Å². The van der Waals surface area contributed by atoms with E-state index in [1.807, 2.05) is 11.8 Å². The molecule has 0 N–H and O–H groups in total. The second-order valence-electron chi connectivity index (χ2n) is 6.27. The highest BCUT2D eigenvalue weighted by molar-refractivity contribution is 8.20. The van der Waals surface area contributed by atoms with Gasteiger partial charge in [0.05, 0.1) is 8.66 Å². The van der Waals surface area contributed by atoms with Gasteiger partial charge in [-0.15, -0.1) is 35.3 Å². The molecule has 0 amide bonds. The maximum atomic E-state index is 5.39. The first-order valence-electron chi connectivity index (χ1n) is 8.63. The molecule has 1 aliphatic heterocycles. The summed E-state index contributed by atoms with van der Waals surface area (Å²) in [6.45, 7) is 0. The van der Waals surface area contributed by atoms with Crippen LogP contribution in [-0.2, 0) is 0 Å². The predicted octanol–water partition coefficient (Wildman–Crippen LogP) is 6.58. The molecule has 1 saturated carbocycles. The molecule has 2 fully saturated rings. The summed E-state index contributed by atoms with van der Waals surface area (Å²) >= 11 is 23.3. The van der Waals surface area contributed by atoms with Gasteiger partial charge in [0.25, 0.3) is 0 Å². The smallest absolute Gasteiger partial charge is 0.0935 e. The van der Waals surface area contributed by atoms with E-state index in [1.54, 1.807) is 0 Å². The lowest BCUT2D eigenvalue weighted by molar-refractivity contribution is 0.452. The zero-order valence-corrected chi connectivity index (χ0v) is 19.7. The minimum absolute atomic E-state index is 0.0661. The molecule has 2 atom stereocenters. The van der Waals surface area contributed by atoms with Crippen LogP contribution >= 0.6 is 84.9 Å². The fourth-order valence-corrected chi connectivity index (χ4v) is 11.5. The SMILES string of the molecule is SCSC1(C2(S)SCCSCCSC2S)CCCCCCCC1. The molecule has 0 spiro atoms. The maximum absolute atomic E-state index is 5.39.